The van der Waals surface area contributed by atoms with Gasteiger partial charge in [-0.2, -0.15) is 0 Å². The van der Waals surface area contributed by atoms with E-state index in [1.165, 1.54) is 0 Å². The van der Waals surface area contributed by atoms with Crippen molar-refractivity contribution >= 4 is 22.5 Å². The Morgan fingerprint density at radius 3 is 1.45 bits per heavy atom. The van der Waals surface area contributed by atoms with E-state index in [9.17, 15) is 0 Å². The van der Waals surface area contributed by atoms with Crippen molar-refractivity contribution in [2.75, 3.05) is 0 Å². The topological polar surface area (TPSA) is 3.24 Å². The molecule has 1 atom stereocenters. The van der Waals surface area contributed by atoms with E-state index in [-0.39, 0.29) is 0 Å². The van der Waals surface area contributed by atoms with Crippen molar-refractivity contribution in [1.29, 1.82) is 0 Å². The predicted octanol–water partition coefficient (Wildman–Crippen LogP) is 3.03. The summed E-state index contributed by atoms with van der Waals surface area (Å²) in [4.78, 5) is 2.44. The predicted molar refractivity (Wildman–Crippen MR) is 58.2 cm³/mol. The fourth-order valence-corrected chi connectivity index (χ4v) is 2.41. The number of nitrogens with zero attached hydrogens (tertiary/aromatic N) is 1. The van der Waals surface area contributed by atoms with Crippen LogP contribution in [-0.4, -0.2) is 22.4 Å². The SMILES string of the molecule is CC(C)N(C(C)C)C(C)SS. The summed E-state index contributed by atoms with van der Waals surface area (Å²) in [6, 6.07) is 1.20. The van der Waals surface area contributed by atoms with Gasteiger partial charge in [-0.3, -0.25) is 4.90 Å². The summed E-state index contributed by atoms with van der Waals surface area (Å²) in [6.07, 6.45) is 0. The van der Waals surface area contributed by atoms with E-state index >= 15 is 0 Å². The third kappa shape index (κ3) is 3.72. The third-order valence-electron chi connectivity index (χ3n) is 1.76. The molecular formula is C8H19NS2. The van der Waals surface area contributed by atoms with Gasteiger partial charge in [0.05, 0.1) is 5.37 Å². The lowest BCUT2D eigenvalue weighted by Gasteiger charge is -2.34. The van der Waals surface area contributed by atoms with Crippen LogP contribution in [0.2, 0.25) is 0 Å². The maximum Gasteiger partial charge on any atom is 0.0635 e. The quantitative estimate of drug-likeness (QED) is 0.415. The number of hydrogen-bond donors (Lipinski definition) is 1. The highest BCUT2D eigenvalue weighted by Gasteiger charge is 2.18. The third-order valence-corrected chi connectivity index (χ3v) is 3.23. The molecule has 0 heterocycles. The lowest BCUT2D eigenvalue weighted by molar-refractivity contribution is 0.169. The smallest absolute Gasteiger partial charge is 0.0635 e. The van der Waals surface area contributed by atoms with Crippen LogP contribution in [0.3, 0.4) is 0 Å². The van der Waals surface area contributed by atoms with Gasteiger partial charge in [0.15, 0.2) is 0 Å². The molecule has 11 heavy (non-hydrogen) atoms. The number of rotatable bonds is 4. The molecule has 0 aliphatic rings. The van der Waals surface area contributed by atoms with Crippen molar-refractivity contribution < 1.29 is 0 Å². The number of hydrogen-bond acceptors (Lipinski definition) is 3. The van der Waals surface area contributed by atoms with Gasteiger partial charge >= 0.3 is 0 Å². The second-order valence-corrected chi connectivity index (χ2v) is 4.86. The van der Waals surface area contributed by atoms with Gasteiger partial charge in [-0.1, -0.05) is 10.8 Å². The average Bonchev–Trinajstić information content (AvgIpc) is 1.85. The minimum atomic E-state index is 0.498. The van der Waals surface area contributed by atoms with E-state index in [1.807, 2.05) is 0 Å². The summed E-state index contributed by atoms with van der Waals surface area (Å²) < 4.78 is 0. The van der Waals surface area contributed by atoms with E-state index in [4.69, 9.17) is 0 Å². The average molecular weight is 193 g/mol. The van der Waals surface area contributed by atoms with Crippen LogP contribution in [0.15, 0.2) is 0 Å². The Morgan fingerprint density at radius 1 is 1.00 bits per heavy atom. The van der Waals surface area contributed by atoms with Crippen LogP contribution in [0, 0.1) is 0 Å². The molecule has 68 valence electrons. The molecule has 0 radical (unpaired) electrons. The molecule has 0 spiro atoms. The van der Waals surface area contributed by atoms with Gasteiger partial charge in [-0.15, -0.1) is 11.7 Å². The Hall–Kier alpha value is 0.660. The molecule has 0 N–H and O–H groups in total. The van der Waals surface area contributed by atoms with Gasteiger partial charge in [0, 0.05) is 12.1 Å². The highest BCUT2D eigenvalue weighted by Crippen LogP contribution is 2.22. The molecule has 0 bridgehead atoms. The molecule has 0 aromatic carbocycles. The summed E-state index contributed by atoms with van der Waals surface area (Å²) >= 11 is 4.22. The van der Waals surface area contributed by atoms with Crippen LogP contribution < -0.4 is 0 Å². The lowest BCUT2D eigenvalue weighted by Crippen LogP contribution is -2.41. The summed E-state index contributed by atoms with van der Waals surface area (Å²) in [5.41, 5.74) is 0. The summed E-state index contributed by atoms with van der Waals surface area (Å²) in [5, 5.41) is 0.498. The molecule has 0 aromatic rings. The highest BCUT2D eigenvalue weighted by molar-refractivity contribution is 8.68. The van der Waals surface area contributed by atoms with Crippen molar-refractivity contribution in [2.45, 2.75) is 52.1 Å². The Kier molecular flexibility index (Phi) is 5.65. The van der Waals surface area contributed by atoms with Crippen molar-refractivity contribution in [2.24, 2.45) is 0 Å². The fraction of sp³-hybridized carbons (Fsp3) is 1.00. The molecule has 3 heteroatoms. The maximum absolute atomic E-state index is 4.22. The van der Waals surface area contributed by atoms with Crippen LogP contribution >= 0.6 is 22.5 Å². The molecular weight excluding hydrogens is 174 g/mol. The molecule has 0 saturated carbocycles. The normalized spacial score (nSPS) is 15.0. The summed E-state index contributed by atoms with van der Waals surface area (Å²) in [7, 11) is 1.61. The molecule has 0 aliphatic heterocycles. The van der Waals surface area contributed by atoms with E-state index < -0.39 is 0 Å². The molecule has 0 aromatic heterocycles. The highest BCUT2D eigenvalue weighted by atomic mass is 33.1. The van der Waals surface area contributed by atoms with Gasteiger partial charge in [0.1, 0.15) is 0 Å². The van der Waals surface area contributed by atoms with Crippen molar-refractivity contribution in [3.63, 3.8) is 0 Å². The van der Waals surface area contributed by atoms with Gasteiger partial charge in [-0.25, -0.2) is 0 Å². The van der Waals surface area contributed by atoms with Crippen molar-refractivity contribution in [3.8, 4) is 0 Å². The molecule has 0 saturated heterocycles. The second kappa shape index (κ2) is 5.33. The first kappa shape index (κ1) is 11.7. The van der Waals surface area contributed by atoms with Crippen LogP contribution in [0.4, 0.5) is 0 Å². The van der Waals surface area contributed by atoms with E-state index in [1.54, 1.807) is 10.8 Å². The van der Waals surface area contributed by atoms with Crippen LogP contribution in [0.25, 0.3) is 0 Å². The minimum absolute atomic E-state index is 0.498. The maximum atomic E-state index is 4.22. The van der Waals surface area contributed by atoms with Crippen LogP contribution in [-0.2, 0) is 0 Å². The van der Waals surface area contributed by atoms with Gasteiger partial charge in [0.2, 0.25) is 0 Å². The van der Waals surface area contributed by atoms with Crippen molar-refractivity contribution in [1.82, 2.24) is 4.90 Å². The van der Waals surface area contributed by atoms with E-state index in [0.29, 0.717) is 17.5 Å². The zero-order chi connectivity index (χ0) is 9.02. The zero-order valence-electron chi connectivity index (χ0n) is 8.03. The summed E-state index contributed by atoms with van der Waals surface area (Å²) in [6.45, 7) is 11.1. The summed E-state index contributed by atoms with van der Waals surface area (Å²) in [5.74, 6) is 0. The van der Waals surface area contributed by atoms with Crippen molar-refractivity contribution in [3.05, 3.63) is 0 Å². The van der Waals surface area contributed by atoms with Crippen LogP contribution in [0.1, 0.15) is 34.6 Å². The first-order valence-corrected chi connectivity index (χ1v) is 6.01. The van der Waals surface area contributed by atoms with Crippen LogP contribution in [0.5, 0.6) is 0 Å². The molecule has 0 aliphatic carbocycles. The molecule has 1 nitrogen and oxygen atoms in total. The Morgan fingerprint density at radius 2 is 1.36 bits per heavy atom. The first-order valence-electron chi connectivity index (χ1n) is 4.08. The Labute approximate surface area is 79.7 Å². The Balaban J connectivity index is 4.09. The lowest BCUT2D eigenvalue weighted by atomic mass is 10.2. The molecule has 0 amide bonds. The number of thiol groups is 1. The minimum Gasteiger partial charge on any atom is -0.286 e. The standard InChI is InChI=1S/C8H19NS2/c1-6(2)9(7(3)4)8(5)11-10/h6-8,10H,1-5H3. The first-order chi connectivity index (χ1) is 5.00. The van der Waals surface area contributed by atoms with Gasteiger partial charge in [0.25, 0.3) is 0 Å². The molecule has 1 unspecified atom stereocenters. The van der Waals surface area contributed by atoms with Gasteiger partial charge < -0.3 is 0 Å². The molecule has 0 fully saturated rings. The second-order valence-electron chi connectivity index (χ2n) is 3.34. The zero-order valence-corrected chi connectivity index (χ0v) is 9.75. The monoisotopic (exact) mass is 193 g/mol. The fourth-order valence-electron chi connectivity index (χ4n) is 1.49. The van der Waals surface area contributed by atoms with E-state index in [2.05, 4.69) is 51.2 Å². The van der Waals surface area contributed by atoms with E-state index in [0.717, 1.165) is 0 Å². The van der Waals surface area contributed by atoms with Gasteiger partial charge in [-0.05, 0) is 34.6 Å². The largest absolute Gasteiger partial charge is 0.286 e. The molecule has 0 rings (SSSR count). The Bertz CT molecular complexity index is 96.3.